The normalized spacial score (nSPS) is 10.7. The molecule has 0 atom stereocenters. The molecule has 0 N–H and O–H groups in total. The molecule has 2 aromatic carbocycles. The summed E-state index contributed by atoms with van der Waals surface area (Å²) in [5.74, 6) is 0.848. The van der Waals surface area contributed by atoms with Gasteiger partial charge in [-0.2, -0.15) is 0 Å². The second kappa shape index (κ2) is 7.70. The van der Waals surface area contributed by atoms with Crippen LogP contribution in [0.25, 0.3) is 11.0 Å². The zero-order chi connectivity index (χ0) is 18.5. The summed E-state index contributed by atoms with van der Waals surface area (Å²) in [6.45, 7) is 0.102. The molecule has 2 heterocycles. The minimum absolute atomic E-state index is 0.0443. The van der Waals surface area contributed by atoms with Crippen LogP contribution in [0.1, 0.15) is 11.3 Å². The maximum atomic E-state index is 12.2. The van der Waals surface area contributed by atoms with Crippen LogP contribution in [0, 0.1) is 0 Å². The first-order valence-corrected chi connectivity index (χ1v) is 8.44. The molecule has 4 aromatic rings. The van der Waals surface area contributed by atoms with Gasteiger partial charge in [0.2, 0.25) is 0 Å². The van der Waals surface area contributed by atoms with E-state index in [1.165, 1.54) is 0 Å². The molecular formula is C21H16N2O4. The van der Waals surface area contributed by atoms with E-state index in [9.17, 15) is 4.79 Å². The Kier molecular flexibility index (Phi) is 4.78. The highest BCUT2D eigenvalue weighted by Gasteiger charge is 2.14. The Morgan fingerprint density at radius 3 is 2.74 bits per heavy atom. The van der Waals surface area contributed by atoms with Crippen molar-refractivity contribution in [2.75, 3.05) is 0 Å². The van der Waals surface area contributed by atoms with Gasteiger partial charge in [0, 0.05) is 17.1 Å². The van der Waals surface area contributed by atoms with Crippen molar-refractivity contribution in [2.24, 2.45) is 0 Å². The van der Waals surface area contributed by atoms with Gasteiger partial charge in [0.05, 0.1) is 12.6 Å². The van der Waals surface area contributed by atoms with Crippen molar-refractivity contribution in [3.63, 3.8) is 0 Å². The molecule has 0 spiro atoms. The van der Waals surface area contributed by atoms with Crippen molar-refractivity contribution in [2.45, 2.75) is 13.0 Å². The van der Waals surface area contributed by atoms with Crippen molar-refractivity contribution in [1.29, 1.82) is 0 Å². The van der Waals surface area contributed by atoms with E-state index >= 15 is 0 Å². The van der Waals surface area contributed by atoms with E-state index in [0.29, 0.717) is 22.8 Å². The summed E-state index contributed by atoms with van der Waals surface area (Å²) in [7, 11) is 0. The number of nitrogens with zero attached hydrogens (tertiary/aromatic N) is 2. The van der Waals surface area contributed by atoms with Crippen LogP contribution in [0.15, 0.2) is 77.6 Å². The maximum Gasteiger partial charge on any atom is 0.312 e. The SMILES string of the molecule is O=C(Cc1noc2ccccc12)OCc1ccccc1Oc1cccnc1. The lowest BCUT2D eigenvalue weighted by molar-refractivity contribution is -0.144. The van der Waals surface area contributed by atoms with E-state index in [4.69, 9.17) is 14.0 Å². The Bertz CT molecular complexity index is 1060. The third-order valence-corrected chi connectivity index (χ3v) is 3.99. The number of carbonyl (C=O) groups excluding carboxylic acids is 1. The summed E-state index contributed by atoms with van der Waals surface area (Å²) in [6, 6.07) is 18.4. The zero-order valence-electron chi connectivity index (χ0n) is 14.4. The van der Waals surface area contributed by atoms with E-state index in [2.05, 4.69) is 10.1 Å². The molecule has 0 aliphatic rings. The van der Waals surface area contributed by atoms with Gasteiger partial charge >= 0.3 is 5.97 Å². The number of rotatable bonds is 6. The average Bonchev–Trinajstić information content (AvgIpc) is 3.11. The third kappa shape index (κ3) is 3.95. The quantitative estimate of drug-likeness (QED) is 0.477. The summed E-state index contributed by atoms with van der Waals surface area (Å²) < 4.78 is 16.5. The lowest BCUT2D eigenvalue weighted by Crippen LogP contribution is -2.09. The fourth-order valence-electron chi connectivity index (χ4n) is 2.67. The zero-order valence-corrected chi connectivity index (χ0v) is 14.4. The molecule has 0 saturated carbocycles. The Hall–Kier alpha value is -3.67. The monoisotopic (exact) mass is 360 g/mol. The largest absolute Gasteiger partial charge is 0.460 e. The molecule has 4 rings (SSSR count). The van der Waals surface area contributed by atoms with Gasteiger partial charge in [0.15, 0.2) is 5.58 Å². The molecule has 134 valence electrons. The molecule has 0 amide bonds. The second-order valence-electron chi connectivity index (χ2n) is 5.86. The molecule has 0 radical (unpaired) electrons. The molecule has 0 aliphatic carbocycles. The molecular weight excluding hydrogens is 344 g/mol. The van der Waals surface area contributed by atoms with Crippen molar-refractivity contribution in [3.8, 4) is 11.5 Å². The lowest BCUT2D eigenvalue weighted by Gasteiger charge is -2.11. The van der Waals surface area contributed by atoms with Crippen molar-refractivity contribution >= 4 is 16.9 Å². The van der Waals surface area contributed by atoms with Gasteiger partial charge in [-0.1, -0.05) is 35.5 Å². The average molecular weight is 360 g/mol. The Balaban J connectivity index is 1.42. The van der Waals surface area contributed by atoms with Crippen molar-refractivity contribution in [1.82, 2.24) is 10.1 Å². The van der Waals surface area contributed by atoms with Crippen LogP contribution in [0.3, 0.4) is 0 Å². The first-order valence-electron chi connectivity index (χ1n) is 8.44. The summed E-state index contributed by atoms with van der Waals surface area (Å²) in [5.41, 5.74) is 1.98. The highest BCUT2D eigenvalue weighted by Crippen LogP contribution is 2.25. The fourth-order valence-corrected chi connectivity index (χ4v) is 2.67. The number of hydrogen-bond acceptors (Lipinski definition) is 6. The Morgan fingerprint density at radius 1 is 1.00 bits per heavy atom. The van der Waals surface area contributed by atoms with Crippen LogP contribution in [0.4, 0.5) is 0 Å². The van der Waals surface area contributed by atoms with Crippen LogP contribution >= 0.6 is 0 Å². The Labute approximate surface area is 155 Å². The van der Waals surface area contributed by atoms with Gasteiger partial charge < -0.3 is 14.0 Å². The van der Waals surface area contributed by atoms with E-state index in [1.807, 2.05) is 54.6 Å². The third-order valence-electron chi connectivity index (χ3n) is 3.99. The molecule has 27 heavy (non-hydrogen) atoms. The lowest BCUT2D eigenvalue weighted by atomic mass is 10.2. The maximum absolute atomic E-state index is 12.2. The topological polar surface area (TPSA) is 74.5 Å². The standard InChI is InChI=1S/C21H16N2O4/c24-21(12-18-17-8-2-4-10-20(17)27-23-18)25-14-15-6-1-3-9-19(15)26-16-7-5-11-22-13-16/h1-11,13H,12,14H2. The first kappa shape index (κ1) is 16.8. The molecule has 6 nitrogen and oxygen atoms in total. The number of carbonyl (C=O) groups is 1. The van der Waals surface area contributed by atoms with E-state index < -0.39 is 0 Å². The van der Waals surface area contributed by atoms with E-state index in [-0.39, 0.29) is 19.0 Å². The van der Waals surface area contributed by atoms with Gasteiger partial charge in [-0.3, -0.25) is 9.78 Å². The number of hydrogen-bond donors (Lipinski definition) is 0. The molecule has 0 unspecified atom stereocenters. The van der Waals surface area contributed by atoms with Crippen LogP contribution < -0.4 is 4.74 Å². The highest BCUT2D eigenvalue weighted by atomic mass is 16.5. The van der Waals surface area contributed by atoms with E-state index in [0.717, 1.165) is 10.9 Å². The number of benzene rings is 2. The summed E-state index contributed by atoms with van der Waals surface area (Å²) in [6.07, 6.45) is 3.34. The van der Waals surface area contributed by atoms with Crippen molar-refractivity contribution < 1.29 is 18.8 Å². The molecule has 2 aromatic heterocycles. The van der Waals surface area contributed by atoms with Crippen LogP contribution in [0.2, 0.25) is 0 Å². The predicted molar refractivity (Wildman–Crippen MR) is 98.3 cm³/mol. The highest BCUT2D eigenvalue weighted by molar-refractivity contribution is 5.84. The van der Waals surface area contributed by atoms with Crippen LogP contribution in [0.5, 0.6) is 11.5 Å². The molecule has 6 heteroatoms. The Morgan fingerprint density at radius 2 is 1.85 bits per heavy atom. The summed E-state index contributed by atoms with van der Waals surface area (Å²) >= 11 is 0. The minimum atomic E-state index is -0.384. The molecule has 0 bridgehead atoms. The number of esters is 1. The number of para-hydroxylation sites is 2. The summed E-state index contributed by atoms with van der Waals surface area (Å²) in [4.78, 5) is 16.3. The molecule has 0 fully saturated rings. The molecule has 0 aliphatic heterocycles. The number of fused-ring (bicyclic) bond motifs is 1. The van der Waals surface area contributed by atoms with Gasteiger partial charge in [-0.05, 0) is 30.3 Å². The number of aromatic nitrogens is 2. The fraction of sp³-hybridized carbons (Fsp3) is 0.0952. The van der Waals surface area contributed by atoms with Gasteiger partial charge in [-0.25, -0.2) is 0 Å². The predicted octanol–water partition coefficient (Wildman–Crippen LogP) is 4.30. The molecule has 0 saturated heterocycles. The van der Waals surface area contributed by atoms with Gasteiger partial charge in [0.25, 0.3) is 0 Å². The van der Waals surface area contributed by atoms with E-state index in [1.54, 1.807) is 18.5 Å². The summed E-state index contributed by atoms with van der Waals surface area (Å²) in [5, 5.41) is 4.77. The smallest absolute Gasteiger partial charge is 0.312 e. The minimum Gasteiger partial charge on any atom is -0.460 e. The van der Waals surface area contributed by atoms with Crippen LogP contribution in [-0.2, 0) is 22.6 Å². The second-order valence-corrected chi connectivity index (χ2v) is 5.86. The first-order chi connectivity index (χ1) is 13.3. The number of ether oxygens (including phenoxy) is 2. The van der Waals surface area contributed by atoms with Crippen molar-refractivity contribution in [3.05, 3.63) is 84.3 Å². The van der Waals surface area contributed by atoms with Gasteiger partial charge in [-0.15, -0.1) is 0 Å². The van der Waals surface area contributed by atoms with Crippen LogP contribution in [-0.4, -0.2) is 16.1 Å². The number of pyridine rings is 1. The van der Waals surface area contributed by atoms with Gasteiger partial charge in [0.1, 0.15) is 23.8 Å².